The number of alkyl halides is 3. The maximum atomic E-state index is 12.9. The molecule has 2 aromatic carbocycles. The highest BCUT2D eigenvalue weighted by molar-refractivity contribution is 7.92. The fourth-order valence-corrected chi connectivity index (χ4v) is 5.18. The van der Waals surface area contributed by atoms with Gasteiger partial charge in [-0.25, -0.2) is 8.42 Å². The number of hydrogen-bond acceptors (Lipinski definition) is 3. The summed E-state index contributed by atoms with van der Waals surface area (Å²) in [6.07, 6.45) is 0. The van der Waals surface area contributed by atoms with Crippen LogP contribution < -0.4 is 5.32 Å². The van der Waals surface area contributed by atoms with E-state index in [-0.39, 0.29) is 15.5 Å². The van der Waals surface area contributed by atoms with Gasteiger partial charge in [-0.15, -0.1) is 0 Å². The van der Waals surface area contributed by atoms with Crippen LogP contribution >= 0.6 is 58.0 Å². The van der Waals surface area contributed by atoms with Crippen LogP contribution in [0.4, 0.5) is 0 Å². The Morgan fingerprint density at radius 3 is 2.12 bits per heavy atom. The molecule has 26 heavy (non-hydrogen) atoms. The molecule has 4 nitrogen and oxygen atoms in total. The normalized spacial score (nSPS) is 13.3. The summed E-state index contributed by atoms with van der Waals surface area (Å²) in [5, 5.41) is 0.755. The first-order valence-electron chi connectivity index (χ1n) is 7.06. The van der Waals surface area contributed by atoms with Gasteiger partial charge in [0.15, 0.2) is 5.37 Å². The molecule has 0 fully saturated rings. The lowest BCUT2D eigenvalue weighted by molar-refractivity contribution is 0.0948. The highest BCUT2D eigenvalue weighted by Gasteiger charge is 2.44. The summed E-state index contributed by atoms with van der Waals surface area (Å²) in [6.45, 7) is 1.80. The number of hydrogen-bond donors (Lipinski definition) is 1. The number of carbonyl (C=O) groups is 1. The second-order valence-corrected chi connectivity index (χ2v) is 10.6. The van der Waals surface area contributed by atoms with Crippen LogP contribution in [0.3, 0.4) is 0 Å². The first-order valence-corrected chi connectivity index (χ1v) is 10.5. The first-order chi connectivity index (χ1) is 11.9. The molecule has 1 atom stereocenters. The number of rotatable bonds is 4. The van der Waals surface area contributed by atoms with Gasteiger partial charge in [0.2, 0.25) is 13.6 Å². The van der Waals surface area contributed by atoms with Gasteiger partial charge in [-0.1, -0.05) is 75.7 Å². The van der Waals surface area contributed by atoms with Crippen molar-refractivity contribution >= 4 is 73.7 Å². The summed E-state index contributed by atoms with van der Waals surface area (Å²) in [7, 11) is -4.20. The van der Waals surface area contributed by atoms with Crippen LogP contribution in [-0.2, 0) is 9.84 Å². The highest BCUT2D eigenvalue weighted by atomic mass is 35.6. The zero-order valence-electron chi connectivity index (χ0n) is 13.1. The third-order valence-electron chi connectivity index (χ3n) is 3.40. The minimum absolute atomic E-state index is 0.00516. The average molecular weight is 476 g/mol. The Balaban J connectivity index is 2.42. The average Bonchev–Trinajstić information content (AvgIpc) is 2.51. The molecule has 1 N–H and O–H groups in total. The SMILES string of the molecule is Cc1ccc(S(=O)(=O)[C@H](NC(=O)c2ccc(Cl)cc2Cl)C(Cl)(Cl)Cl)cc1. The van der Waals surface area contributed by atoms with E-state index in [9.17, 15) is 13.2 Å². The smallest absolute Gasteiger partial charge is 0.253 e. The molecule has 0 spiro atoms. The molecule has 0 heterocycles. The Bertz CT molecular complexity index is 924. The van der Waals surface area contributed by atoms with E-state index in [1.807, 2.05) is 0 Å². The Hall–Kier alpha value is -0.690. The van der Waals surface area contributed by atoms with Crippen molar-refractivity contribution in [1.29, 1.82) is 0 Å². The van der Waals surface area contributed by atoms with Gasteiger partial charge in [0, 0.05) is 5.02 Å². The number of sulfone groups is 1. The quantitative estimate of drug-likeness (QED) is 0.618. The van der Waals surface area contributed by atoms with Crippen molar-refractivity contribution in [1.82, 2.24) is 5.32 Å². The van der Waals surface area contributed by atoms with E-state index in [1.165, 1.54) is 30.3 Å². The molecule has 10 heteroatoms. The molecule has 0 aromatic heterocycles. The van der Waals surface area contributed by atoms with Crippen molar-refractivity contribution < 1.29 is 13.2 Å². The Kier molecular flexibility index (Phi) is 6.76. The Labute approximate surface area is 176 Å². The minimum Gasteiger partial charge on any atom is -0.332 e. The molecule has 0 radical (unpaired) electrons. The molecule has 0 saturated heterocycles. The molecule has 0 saturated carbocycles. The molecule has 2 aromatic rings. The van der Waals surface area contributed by atoms with E-state index in [2.05, 4.69) is 5.32 Å². The molecule has 0 bridgehead atoms. The maximum absolute atomic E-state index is 12.9. The molecule has 0 aliphatic heterocycles. The van der Waals surface area contributed by atoms with Crippen LogP contribution in [0.25, 0.3) is 0 Å². The van der Waals surface area contributed by atoms with E-state index >= 15 is 0 Å². The van der Waals surface area contributed by atoms with Gasteiger partial charge >= 0.3 is 0 Å². The van der Waals surface area contributed by atoms with E-state index in [1.54, 1.807) is 19.1 Å². The van der Waals surface area contributed by atoms with Gasteiger partial charge in [0.1, 0.15) is 0 Å². The molecule has 0 aliphatic rings. The maximum Gasteiger partial charge on any atom is 0.253 e. The molecule has 2 rings (SSSR count). The van der Waals surface area contributed by atoms with Crippen LogP contribution in [0.1, 0.15) is 15.9 Å². The van der Waals surface area contributed by atoms with Gasteiger partial charge in [-0.05, 0) is 37.3 Å². The van der Waals surface area contributed by atoms with Gasteiger partial charge < -0.3 is 5.32 Å². The topological polar surface area (TPSA) is 63.2 Å². The van der Waals surface area contributed by atoms with Crippen LogP contribution in [-0.4, -0.2) is 23.5 Å². The molecular formula is C16H12Cl5NO3S. The Morgan fingerprint density at radius 1 is 1.04 bits per heavy atom. The van der Waals surface area contributed by atoms with Gasteiger partial charge in [-0.3, -0.25) is 4.79 Å². The summed E-state index contributed by atoms with van der Waals surface area (Å²) >= 11 is 29.3. The van der Waals surface area contributed by atoms with Crippen LogP contribution in [0.5, 0.6) is 0 Å². The third kappa shape index (κ3) is 4.97. The third-order valence-corrected chi connectivity index (χ3v) is 7.01. The zero-order valence-corrected chi connectivity index (χ0v) is 17.7. The number of halogens is 5. The van der Waals surface area contributed by atoms with Crippen LogP contribution in [0.2, 0.25) is 10.0 Å². The summed E-state index contributed by atoms with van der Waals surface area (Å²) in [5.41, 5.74) is 0.848. The van der Waals surface area contributed by atoms with Crippen LogP contribution in [0, 0.1) is 6.92 Å². The fourth-order valence-electron chi connectivity index (χ4n) is 2.07. The van der Waals surface area contributed by atoms with Crippen molar-refractivity contribution in [3.63, 3.8) is 0 Å². The summed E-state index contributed by atoms with van der Waals surface area (Å²) in [4.78, 5) is 12.4. The van der Waals surface area contributed by atoms with Crippen molar-refractivity contribution in [3.05, 3.63) is 63.6 Å². The monoisotopic (exact) mass is 473 g/mol. The second kappa shape index (κ2) is 8.13. The van der Waals surface area contributed by atoms with E-state index in [0.717, 1.165) is 5.56 Å². The van der Waals surface area contributed by atoms with Crippen molar-refractivity contribution in [2.45, 2.75) is 21.0 Å². The number of amides is 1. The van der Waals surface area contributed by atoms with Gasteiger partial charge in [0.25, 0.3) is 5.91 Å². The Morgan fingerprint density at radius 2 is 1.62 bits per heavy atom. The van der Waals surface area contributed by atoms with Crippen molar-refractivity contribution in [2.75, 3.05) is 0 Å². The van der Waals surface area contributed by atoms with Gasteiger partial charge in [0.05, 0.1) is 15.5 Å². The number of aryl methyl sites for hydroxylation is 1. The standard InChI is InChI=1S/C16H12Cl5NO3S/c1-9-2-5-11(6-3-9)26(24,25)15(16(19,20)21)22-14(23)12-7-4-10(17)8-13(12)18/h2-8,15H,1H3,(H,22,23)/t15-/m0/s1. The number of carbonyl (C=O) groups excluding carboxylic acids is 1. The summed E-state index contributed by atoms with van der Waals surface area (Å²) in [5.74, 6) is -0.821. The molecule has 0 aliphatic carbocycles. The molecule has 140 valence electrons. The largest absolute Gasteiger partial charge is 0.332 e. The van der Waals surface area contributed by atoms with Crippen molar-refractivity contribution in [2.24, 2.45) is 0 Å². The molecule has 1 amide bonds. The van der Waals surface area contributed by atoms with Gasteiger partial charge in [-0.2, -0.15) is 0 Å². The summed E-state index contributed by atoms with van der Waals surface area (Å²) < 4.78 is 23.4. The minimum atomic E-state index is -4.20. The molecular weight excluding hydrogens is 464 g/mol. The number of benzene rings is 2. The molecule has 0 unspecified atom stereocenters. The van der Waals surface area contributed by atoms with Crippen LogP contribution in [0.15, 0.2) is 47.4 Å². The lowest BCUT2D eigenvalue weighted by atomic mass is 10.2. The highest BCUT2D eigenvalue weighted by Crippen LogP contribution is 2.36. The second-order valence-electron chi connectivity index (χ2n) is 5.38. The lowest BCUT2D eigenvalue weighted by Gasteiger charge is -2.25. The van der Waals surface area contributed by atoms with E-state index in [0.29, 0.717) is 5.02 Å². The van der Waals surface area contributed by atoms with E-state index < -0.39 is 24.9 Å². The lowest BCUT2D eigenvalue weighted by Crippen LogP contribution is -2.49. The van der Waals surface area contributed by atoms with E-state index in [4.69, 9.17) is 58.0 Å². The fraction of sp³-hybridized carbons (Fsp3) is 0.188. The zero-order chi connectivity index (χ0) is 19.7. The number of nitrogens with one attached hydrogen (secondary N) is 1. The van der Waals surface area contributed by atoms with Crippen molar-refractivity contribution in [3.8, 4) is 0 Å². The predicted molar refractivity (Wildman–Crippen MR) is 106 cm³/mol. The predicted octanol–water partition coefficient (Wildman–Crippen LogP) is 5.20. The first kappa shape index (κ1) is 21.6. The summed E-state index contributed by atoms with van der Waals surface area (Å²) in [6, 6.07) is 10.1.